The molecule has 0 fully saturated rings. The van der Waals surface area contributed by atoms with Crippen LogP contribution in [0.1, 0.15) is 18.2 Å². The molecule has 0 aliphatic carbocycles. The Balaban J connectivity index is 2.63. The summed E-state index contributed by atoms with van der Waals surface area (Å²) in [6, 6.07) is 7.36. The minimum atomic E-state index is -0.0850. The highest BCUT2D eigenvalue weighted by Gasteiger charge is 2.09. The van der Waals surface area contributed by atoms with Gasteiger partial charge in [0, 0.05) is 22.5 Å². The molecule has 0 saturated carbocycles. The van der Waals surface area contributed by atoms with Crippen molar-refractivity contribution in [3.63, 3.8) is 0 Å². The number of aromatic nitrogens is 2. The molecule has 3 N–H and O–H groups in total. The largest absolute Gasteiger partial charge is 0.398 e. The van der Waals surface area contributed by atoms with Gasteiger partial charge in [-0.15, -0.1) is 0 Å². The first-order valence-electron chi connectivity index (χ1n) is 5.58. The van der Waals surface area contributed by atoms with Gasteiger partial charge in [-0.25, -0.2) is 4.98 Å². The Morgan fingerprint density at radius 1 is 1.35 bits per heavy atom. The Kier molecular flexibility index (Phi) is 2.95. The zero-order valence-electron chi connectivity index (χ0n) is 9.95. The second kappa shape index (κ2) is 4.41. The lowest BCUT2D eigenvalue weighted by atomic mass is 10.1. The van der Waals surface area contributed by atoms with Crippen molar-refractivity contribution in [2.24, 2.45) is 0 Å². The minimum Gasteiger partial charge on any atom is -0.398 e. The van der Waals surface area contributed by atoms with Crippen molar-refractivity contribution in [1.29, 1.82) is 0 Å². The van der Waals surface area contributed by atoms with Crippen molar-refractivity contribution in [2.45, 2.75) is 20.3 Å². The van der Waals surface area contributed by atoms with Crippen LogP contribution in [0.2, 0.25) is 0 Å². The molecule has 0 bridgehead atoms. The van der Waals surface area contributed by atoms with Crippen molar-refractivity contribution < 1.29 is 0 Å². The number of nitrogen functional groups attached to an aromatic ring is 1. The summed E-state index contributed by atoms with van der Waals surface area (Å²) in [6.07, 6.45) is 0.679. The molecule has 0 aliphatic rings. The van der Waals surface area contributed by atoms with E-state index in [0.717, 1.165) is 16.8 Å². The van der Waals surface area contributed by atoms with Crippen LogP contribution in [0, 0.1) is 6.92 Å². The summed E-state index contributed by atoms with van der Waals surface area (Å²) in [5.41, 5.74) is 8.63. The highest BCUT2D eigenvalue weighted by molar-refractivity contribution is 5.71. The smallest absolute Gasteiger partial charge is 0.254 e. The van der Waals surface area contributed by atoms with Crippen LogP contribution in [-0.4, -0.2) is 9.97 Å². The van der Waals surface area contributed by atoms with Gasteiger partial charge in [0.25, 0.3) is 5.56 Å². The number of hydrogen-bond donors (Lipinski definition) is 2. The average molecular weight is 229 g/mol. The molecule has 0 radical (unpaired) electrons. The average Bonchev–Trinajstić information content (AvgIpc) is 2.29. The van der Waals surface area contributed by atoms with Gasteiger partial charge >= 0.3 is 0 Å². The normalized spacial score (nSPS) is 10.5. The SMILES string of the molecule is CCc1c(C)nc(-c2ccccc2N)[nH]c1=O. The molecule has 0 atom stereocenters. The number of para-hydroxylation sites is 1. The van der Waals surface area contributed by atoms with E-state index in [1.165, 1.54) is 0 Å². The van der Waals surface area contributed by atoms with E-state index in [4.69, 9.17) is 5.73 Å². The second-order valence-electron chi connectivity index (χ2n) is 3.92. The van der Waals surface area contributed by atoms with Gasteiger partial charge in [-0.2, -0.15) is 0 Å². The van der Waals surface area contributed by atoms with Crippen LogP contribution in [0.25, 0.3) is 11.4 Å². The van der Waals surface area contributed by atoms with E-state index in [9.17, 15) is 4.79 Å². The van der Waals surface area contributed by atoms with Gasteiger partial charge in [-0.05, 0) is 25.5 Å². The van der Waals surface area contributed by atoms with E-state index < -0.39 is 0 Å². The number of anilines is 1. The summed E-state index contributed by atoms with van der Waals surface area (Å²) in [4.78, 5) is 19.0. The minimum absolute atomic E-state index is 0.0850. The fourth-order valence-electron chi connectivity index (χ4n) is 1.87. The number of nitrogens with two attached hydrogens (primary N) is 1. The van der Waals surface area contributed by atoms with Crippen molar-refractivity contribution in [3.05, 3.63) is 45.9 Å². The second-order valence-corrected chi connectivity index (χ2v) is 3.92. The topological polar surface area (TPSA) is 71.8 Å². The fraction of sp³-hybridized carbons (Fsp3) is 0.231. The zero-order chi connectivity index (χ0) is 12.4. The number of nitrogens with zero attached hydrogens (tertiary/aromatic N) is 1. The molecule has 0 spiro atoms. The van der Waals surface area contributed by atoms with E-state index in [1.807, 2.05) is 32.0 Å². The summed E-state index contributed by atoms with van der Waals surface area (Å²) < 4.78 is 0. The van der Waals surface area contributed by atoms with Gasteiger partial charge in [0.15, 0.2) is 0 Å². The van der Waals surface area contributed by atoms with Crippen molar-refractivity contribution in [3.8, 4) is 11.4 Å². The Hall–Kier alpha value is -2.10. The molecule has 2 rings (SSSR count). The summed E-state index contributed by atoms with van der Waals surface area (Å²) in [5.74, 6) is 0.530. The number of rotatable bonds is 2. The molecular weight excluding hydrogens is 214 g/mol. The van der Waals surface area contributed by atoms with Crippen molar-refractivity contribution >= 4 is 5.69 Å². The van der Waals surface area contributed by atoms with Gasteiger partial charge < -0.3 is 10.7 Å². The van der Waals surface area contributed by atoms with Gasteiger partial charge in [-0.3, -0.25) is 4.79 Å². The Morgan fingerprint density at radius 3 is 2.65 bits per heavy atom. The van der Waals surface area contributed by atoms with Crippen LogP contribution < -0.4 is 11.3 Å². The molecule has 4 heteroatoms. The van der Waals surface area contributed by atoms with Crippen LogP contribution in [-0.2, 0) is 6.42 Å². The standard InChI is InChI=1S/C13H15N3O/c1-3-9-8(2)15-12(16-13(9)17)10-6-4-5-7-11(10)14/h4-7H,3,14H2,1-2H3,(H,15,16,17). The molecule has 4 nitrogen and oxygen atoms in total. The summed E-state index contributed by atoms with van der Waals surface area (Å²) in [7, 11) is 0. The zero-order valence-corrected chi connectivity index (χ0v) is 9.95. The van der Waals surface area contributed by atoms with Crippen LogP contribution in [0.5, 0.6) is 0 Å². The maximum Gasteiger partial charge on any atom is 0.254 e. The lowest BCUT2D eigenvalue weighted by molar-refractivity contribution is 0.968. The number of H-pyrrole nitrogens is 1. The Bertz CT molecular complexity index is 602. The first-order valence-corrected chi connectivity index (χ1v) is 5.58. The first-order chi connectivity index (χ1) is 8.13. The third kappa shape index (κ3) is 2.06. The van der Waals surface area contributed by atoms with Crippen molar-refractivity contribution in [1.82, 2.24) is 9.97 Å². The fourth-order valence-corrected chi connectivity index (χ4v) is 1.87. The van der Waals surface area contributed by atoms with Crippen LogP contribution in [0.4, 0.5) is 5.69 Å². The molecular formula is C13H15N3O. The molecule has 0 aliphatic heterocycles. The number of aromatic amines is 1. The number of hydrogen-bond acceptors (Lipinski definition) is 3. The molecule has 2 aromatic rings. The van der Waals surface area contributed by atoms with E-state index >= 15 is 0 Å². The number of benzene rings is 1. The third-order valence-electron chi connectivity index (χ3n) is 2.79. The van der Waals surface area contributed by atoms with Gasteiger partial charge in [-0.1, -0.05) is 19.1 Å². The van der Waals surface area contributed by atoms with Gasteiger partial charge in [0.05, 0.1) is 0 Å². The molecule has 0 saturated heterocycles. The van der Waals surface area contributed by atoms with Crippen LogP contribution in [0.3, 0.4) is 0 Å². The summed E-state index contributed by atoms with van der Waals surface area (Å²) in [6.45, 7) is 3.78. The molecule has 1 aromatic heterocycles. The molecule has 0 unspecified atom stereocenters. The Morgan fingerprint density at radius 2 is 2.06 bits per heavy atom. The predicted octanol–water partition coefficient (Wildman–Crippen LogP) is 1.89. The van der Waals surface area contributed by atoms with E-state index in [2.05, 4.69) is 9.97 Å². The van der Waals surface area contributed by atoms with Gasteiger partial charge in [0.1, 0.15) is 5.82 Å². The lowest BCUT2D eigenvalue weighted by Crippen LogP contribution is -2.17. The maximum absolute atomic E-state index is 11.8. The highest BCUT2D eigenvalue weighted by Crippen LogP contribution is 2.21. The van der Waals surface area contributed by atoms with E-state index in [1.54, 1.807) is 6.07 Å². The third-order valence-corrected chi connectivity index (χ3v) is 2.79. The van der Waals surface area contributed by atoms with E-state index in [-0.39, 0.29) is 5.56 Å². The highest BCUT2D eigenvalue weighted by atomic mass is 16.1. The number of nitrogens with one attached hydrogen (secondary N) is 1. The molecule has 1 heterocycles. The molecule has 17 heavy (non-hydrogen) atoms. The van der Waals surface area contributed by atoms with Crippen molar-refractivity contribution in [2.75, 3.05) is 5.73 Å². The first kappa shape index (κ1) is 11.4. The molecule has 1 aromatic carbocycles. The molecule has 88 valence electrons. The van der Waals surface area contributed by atoms with Crippen LogP contribution >= 0.6 is 0 Å². The predicted molar refractivity (Wildman–Crippen MR) is 68.8 cm³/mol. The molecule has 0 amide bonds. The van der Waals surface area contributed by atoms with E-state index in [0.29, 0.717) is 17.9 Å². The maximum atomic E-state index is 11.8. The monoisotopic (exact) mass is 229 g/mol. The van der Waals surface area contributed by atoms with Gasteiger partial charge in [0.2, 0.25) is 0 Å². The summed E-state index contributed by atoms with van der Waals surface area (Å²) in [5, 5.41) is 0. The number of aryl methyl sites for hydroxylation is 1. The summed E-state index contributed by atoms with van der Waals surface area (Å²) >= 11 is 0. The quantitative estimate of drug-likeness (QED) is 0.772. The Labute approximate surface area is 99.5 Å². The lowest BCUT2D eigenvalue weighted by Gasteiger charge is -2.07. The van der Waals surface area contributed by atoms with Crippen LogP contribution in [0.15, 0.2) is 29.1 Å².